The number of amides is 1. The third kappa shape index (κ3) is 4.56. The molecule has 2 aromatic rings. The summed E-state index contributed by atoms with van der Waals surface area (Å²) in [6.07, 6.45) is -0.399. The van der Waals surface area contributed by atoms with Crippen LogP contribution in [0.4, 0.5) is 5.69 Å². The first-order valence-electron chi connectivity index (χ1n) is 8.21. The summed E-state index contributed by atoms with van der Waals surface area (Å²) in [5, 5.41) is 23.2. The van der Waals surface area contributed by atoms with Gasteiger partial charge in [0.15, 0.2) is 5.75 Å². The van der Waals surface area contributed by atoms with Gasteiger partial charge in [-0.1, -0.05) is 12.1 Å². The molecule has 2 aromatic carbocycles. The van der Waals surface area contributed by atoms with Crippen LogP contribution in [-0.2, 0) is 10.3 Å². The molecule has 0 fully saturated rings. The predicted octanol–water partition coefficient (Wildman–Crippen LogP) is 2.73. The molecule has 0 saturated carbocycles. The summed E-state index contributed by atoms with van der Waals surface area (Å²) < 4.78 is 10.1. The smallest absolute Gasteiger partial charge is 0.311 e. The Morgan fingerprint density at radius 3 is 2.46 bits per heavy atom. The normalized spacial score (nSPS) is 12.5. The van der Waals surface area contributed by atoms with Gasteiger partial charge in [0.2, 0.25) is 0 Å². The van der Waals surface area contributed by atoms with Crippen molar-refractivity contribution in [3.05, 3.63) is 63.7 Å². The fourth-order valence-electron chi connectivity index (χ4n) is 2.78. The molecular formula is C19H20N2O7. The molecule has 0 spiro atoms. The van der Waals surface area contributed by atoms with E-state index in [9.17, 15) is 24.8 Å². The Hall–Kier alpha value is -3.62. The number of hydrogen-bond donors (Lipinski definition) is 2. The summed E-state index contributed by atoms with van der Waals surface area (Å²) in [5.41, 5.74) is -1.11. The molecule has 9 nitrogen and oxygen atoms in total. The van der Waals surface area contributed by atoms with E-state index in [0.29, 0.717) is 11.3 Å². The van der Waals surface area contributed by atoms with Gasteiger partial charge >= 0.3 is 11.7 Å². The minimum atomic E-state index is -1.27. The van der Waals surface area contributed by atoms with Gasteiger partial charge in [-0.2, -0.15) is 0 Å². The second-order valence-electron chi connectivity index (χ2n) is 6.23. The van der Waals surface area contributed by atoms with E-state index in [-0.39, 0.29) is 17.0 Å². The van der Waals surface area contributed by atoms with E-state index in [2.05, 4.69) is 5.32 Å². The summed E-state index contributed by atoms with van der Waals surface area (Å²) in [5.74, 6) is -1.25. The lowest BCUT2D eigenvalue weighted by atomic mass is 9.88. The predicted molar refractivity (Wildman–Crippen MR) is 99.7 cm³/mol. The highest BCUT2D eigenvalue weighted by Gasteiger charge is 2.33. The van der Waals surface area contributed by atoms with Crippen LogP contribution in [0.15, 0.2) is 42.5 Å². The van der Waals surface area contributed by atoms with E-state index in [0.717, 1.165) is 6.07 Å². The summed E-state index contributed by atoms with van der Waals surface area (Å²) >= 11 is 0. The third-order valence-electron chi connectivity index (χ3n) is 4.24. The quantitative estimate of drug-likeness (QED) is 0.525. The minimum Gasteiger partial charge on any atom is -0.497 e. The fraction of sp³-hybridized carbons (Fsp3) is 0.263. The molecule has 2 N–H and O–H groups in total. The van der Waals surface area contributed by atoms with Gasteiger partial charge in [-0.3, -0.25) is 19.7 Å². The van der Waals surface area contributed by atoms with Crippen LogP contribution in [0.2, 0.25) is 0 Å². The number of carbonyl (C=O) groups excluding carboxylic acids is 1. The number of nitrogens with one attached hydrogen (secondary N) is 1. The monoisotopic (exact) mass is 388 g/mol. The Morgan fingerprint density at radius 2 is 1.89 bits per heavy atom. The Morgan fingerprint density at radius 1 is 1.18 bits per heavy atom. The molecule has 1 unspecified atom stereocenters. The number of carboxylic acids is 1. The van der Waals surface area contributed by atoms with Gasteiger partial charge in [-0.05, 0) is 36.8 Å². The molecule has 1 amide bonds. The maximum Gasteiger partial charge on any atom is 0.311 e. The molecule has 148 valence electrons. The van der Waals surface area contributed by atoms with Gasteiger partial charge in [-0.25, -0.2) is 0 Å². The average Bonchev–Trinajstić information content (AvgIpc) is 2.66. The SMILES string of the molecule is COc1cccc(C(C)(CC(=O)O)NC(=O)c2ccc(OC)c([N+](=O)[O-])c2)c1. The van der Waals surface area contributed by atoms with Crippen molar-refractivity contribution < 1.29 is 29.1 Å². The third-order valence-corrected chi connectivity index (χ3v) is 4.24. The van der Waals surface area contributed by atoms with Crippen molar-refractivity contribution in [1.82, 2.24) is 5.32 Å². The van der Waals surface area contributed by atoms with Crippen LogP contribution in [0.3, 0.4) is 0 Å². The molecule has 2 rings (SSSR count). The fourth-order valence-corrected chi connectivity index (χ4v) is 2.78. The van der Waals surface area contributed by atoms with E-state index < -0.39 is 28.8 Å². The van der Waals surface area contributed by atoms with Crippen molar-refractivity contribution in [3.63, 3.8) is 0 Å². The topological polar surface area (TPSA) is 128 Å². The van der Waals surface area contributed by atoms with Crippen molar-refractivity contribution in [2.45, 2.75) is 18.9 Å². The average molecular weight is 388 g/mol. The maximum atomic E-state index is 12.7. The Labute approximate surface area is 161 Å². The number of nitrogens with zero attached hydrogens (tertiary/aromatic N) is 1. The van der Waals surface area contributed by atoms with Crippen molar-refractivity contribution >= 4 is 17.6 Å². The number of ether oxygens (including phenoxy) is 2. The highest BCUT2D eigenvalue weighted by atomic mass is 16.6. The van der Waals surface area contributed by atoms with Crippen LogP contribution in [0, 0.1) is 10.1 Å². The lowest BCUT2D eigenvalue weighted by molar-refractivity contribution is -0.385. The van der Waals surface area contributed by atoms with Crippen LogP contribution < -0.4 is 14.8 Å². The van der Waals surface area contributed by atoms with Crippen LogP contribution in [0.5, 0.6) is 11.5 Å². The van der Waals surface area contributed by atoms with Gasteiger partial charge in [0.25, 0.3) is 5.91 Å². The van der Waals surface area contributed by atoms with E-state index in [4.69, 9.17) is 9.47 Å². The van der Waals surface area contributed by atoms with Gasteiger partial charge in [0.1, 0.15) is 5.75 Å². The van der Waals surface area contributed by atoms with E-state index in [1.54, 1.807) is 31.2 Å². The maximum absolute atomic E-state index is 12.7. The van der Waals surface area contributed by atoms with Crippen molar-refractivity contribution in [1.29, 1.82) is 0 Å². The number of benzene rings is 2. The summed E-state index contributed by atoms with van der Waals surface area (Å²) in [4.78, 5) is 34.7. The number of nitro groups is 1. The Kier molecular flexibility index (Phi) is 6.19. The minimum absolute atomic E-state index is 0.00649. The largest absolute Gasteiger partial charge is 0.497 e. The summed E-state index contributed by atoms with van der Waals surface area (Å²) in [6.45, 7) is 1.56. The zero-order chi connectivity index (χ0) is 20.9. The lowest BCUT2D eigenvalue weighted by Gasteiger charge is -2.30. The summed E-state index contributed by atoms with van der Waals surface area (Å²) in [6, 6.07) is 10.4. The van der Waals surface area contributed by atoms with Crippen LogP contribution in [0.1, 0.15) is 29.3 Å². The van der Waals surface area contributed by atoms with Crippen LogP contribution in [0.25, 0.3) is 0 Å². The number of nitro benzene ring substituents is 1. The van der Waals surface area contributed by atoms with Crippen molar-refractivity contribution in [2.75, 3.05) is 14.2 Å². The van der Waals surface area contributed by atoms with Crippen LogP contribution >= 0.6 is 0 Å². The molecule has 28 heavy (non-hydrogen) atoms. The molecule has 0 aromatic heterocycles. The van der Waals surface area contributed by atoms with Gasteiger partial charge in [-0.15, -0.1) is 0 Å². The Bertz CT molecular complexity index is 913. The van der Waals surface area contributed by atoms with E-state index >= 15 is 0 Å². The number of rotatable bonds is 8. The molecule has 0 aliphatic rings. The number of aliphatic carboxylic acids is 1. The Balaban J connectivity index is 2.41. The van der Waals surface area contributed by atoms with Gasteiger partial charge in [0, 0.05) is 11.6 Å². The van der Waals surface area contributed by atoms with E-state index in [1.807, 2.05) is 0 Å². The number of hydrogen-bond acceptors (Lipinski definition) is 6. The first-order valence-corrected chi connectivity index (χ1v) is 8.21. The zero-order valence-corrected chi connectivity index (χ0v) is 15.6. The van der Waals surface area contributed by atoms with Gasteiger partial charge in [0.05, 0.1) is 31.1 Å². The number of methoxy groups -OCH3 is 2. The number of carboxylic acid groups (broad SMARTS) is 1. The lowest BCUT2D eigenvalue weighted by Crippen LogP contribution is -2.45. The molecule has 9 heteroatoms. The molecule has 0 heterocycles. The highest BCUT2D eigenvalue weighted by Crippen LogP contribution is 2.30. The number of carbonyl (C=O) groups is 2. The van der Waals surface area contributed by atoms with Crippen LogP contribution in [-0.4, -0.2) is 36.1 Å². The molecule has 1 atom stereocenters. The van der Waals surface area contributed by atoms with Crippen molar-refractivity contribution in [3.8, 4) is 11.5 Å². The summed E-state index contributed by atoms with van der Waals surface area (Å²) in [7, 11) is 2.76. The van der Waals surface area contributed by atoms with Crippen molar-refractivity contribution in [2.24, 2.45) is 0 Å². The molecule has 0 aliphatic heterocycles. The second-order valence-corrected chi connectivity index (χ2v) is 6.23. The first-order chi connectivity index (χ1) is 13.2. The zero-order valence-electron chi connectivity index (χ0n) is 15.6. The van der Waals surface area contributed by atoms with E-state index in [1.165, 1.54) is 26.4 Å². The molecule has 0 bridgehead atoms. The molecular weight excluding hydrogens is 368 g/mol. The highest BCUT2D eigenvalue weighted by molar-refractivity contribution is 5.96. The molecule has 0 radical (unpaired) electrons. The standard InChI is InChI=1S/C19H20N2O7/c1-19(11-17(22)23,13-5-4-6-14(10-13)27-2)20-18(24)12-7-8-16(28-3)15(9-12)21(25)26/h4-10H,11H2,1-3H3,(H,20,24)(H,22,23). The first kappa shape index (κ1) is 20.7. The second kappa shape index (κ2) is 8.38. The molecule has 0 saturated heterocycles. The molecule has 0 aliphatic carbocycles. The van der Waals surface area contributed by atoms with Gasteiger partial charge < -0.3 is 19.9 Å².